The summed E-state index contributed by atoms with van der Waals surface area (Å²) in [6, 6.07) is 12.9. The lowest BCUT2D eigenvalue weighted by Gasteiger charge is -2.37. The molecule has 10 nitrogen and oxygen atoms in total. The summed E-state index contributed by atoms with van der Waals surface area (Å²) in [4.78, 5) is 36.1. The van der Waals surface area contributed by atoms with Crippen LogP contribution < -0.4 is 10.6 Å². The first kappa shape index (κ1) is 27.3. The van der Waals surface area contributed by atoms with Gasteiger partial charge in [0.2, 0.25) is 0 Å². The van der Waals surface area contributed by atoms with Crippen molar-refractivity contribution in [2.45, 2.75) is 33.2 Å². The van der Waals surface area contributed by atoms with Gasteiger partial charge < -0.3 is 20.1 Å². The Hall–Kier alpha value is -4.31. The highest BCUT2D eigenvalue weighted by Crippen LogP contribution is 2.21. The molecule has 0 saturated carbocycles. The van der Waals surface area contributed by atoms with E-state index in [0.29, 0.717) is 17.2 Å². The van der Waals surface area contributed by atoms with E-state index in [2.05, 4.69) is 41.9 Å². The fourth-order valence-corrected chi connectivity index (χ4v) is 4.84. The number of piperazine rings is 1. The highest BCUT2D eigenvalue weighted by atomic mass is 16.1. The van der Waals surface area contributed by atoms with E-state index < -0.39 is 0 Å². The van der Waals surface area contributed by atoms with Crippen LogP contribution >= 0.6 is 0 Å². The van der Waals surface area contributed by atoms with Gasteiger partial charge in [-0.1, -0.05) is 25.1 Å². The number of hydrogen-bond donors (Lipinski definition) is 2. The number of carbonyl (C=O) groups is 1. The van der Waals surface area contributed by atoms with Crippen LogP contribution in [0.25, 0.3) is 0 Å². The van der Waals surface area contributed by atoms with Gasteiger partial charge in [0.1, 0.15) is 17.5 Å². The predicted octanol–water partition coefficient (Wildman–Crippen LogP) is 4.35. The molecule has 0 bridgehead atoms. The highest BCUT2D eigenvalue weighted by Gasteiger charge is 2.23. The maximum Gasteiger partial charge on any atom is 0.255 e. The van der Waals surface area contributed by atoms with E-state index in [1.54, 1.807) is 18.3 Å². The van der Waals surface area contributed by atoms with E-state index in [0.717, 1.165) is 69.5 Å². The van der Waals surface area contributed by atoms with E-state index in [1.165, 1.54) is 0 Å². The maximum absolute atomic E-state index is 12.8. The summed E-state index contributed by atoms with van der Waals surface area (Å²) in [5.74, 6) is 3.15. The molecule has 40 heavy (non-hydrogen) atoms. The van der Waals surface area contributed by atoms with Gasteiger partial charge in [-0.2, -0.15) is 0 Å². The number of carbonyl (C=O) groups excluding carboxylic acids is 1. The van der Waals surface area contributed by atoms with Gasteiger partial charge in [0, 0.05) is 81.4 Å². The van der Waals surface area contributed by atoms with Crippen molar-refractivity contribution in [3.63, 3.8) is 0 Å². The lowest BCUT2D eigenvalue weighted by molar-refractivity contribution is 0.102. The summed E-state index contributed by atoms with van der Waals surface area (Å²) in [5, 5.41) is 6.29. The van der Waals surface area contributed by atoms with Crippen LogP contribution in [0.1, 0.15) is 37.0 Å². The Morgan fingerprint density at radius 1 is 1.05 bits per heavy atom. The lowest BCUT2D eigenvalue weighted by Crippen LogP contribution is -2.49. The minimum Gasteiger partial charge on any atom is -0.357 e. The number of para-hydroxylation sites is 1. The predicted molar refractivity (Wildman–Crippen MR) is 160 cm³/mol. The number of amides is 1. The second-order valence-electron chi connectivity index (χ2n) is 10.1. The molecule has 1 aromatic carbocycles. The first-order valence-electron chi connectivity index (χ1n) is 13.9. The number of hydrogen-bond acceptors (Lipinski definition) is 8. The van der Waals surface area contributed by atoms with E-state index in [-0.39, 0.29) is 11.8 Å². The van der Waals surface area contributed by atoms with Crippen molar-refractivity contribution in [3.05, 3.63) is 84.8 Å². The standard InChI is InChI=1S/C30H37N9O/c1-3-26-34-28(39-19-17-37(18-20-39)15-16-38-14-13-31-22-38)10-9-23(2)29(35-26)36-27-21-24(11-12-32-27)30(40)33-25-7-5-4-6-8-25/h3-8,11-14,21-23H,9-10,15-20H2,1-2H3,(H,33,40)(H,32,35,36)/b26-3+,34-28?. The van der Waals surface area contributed by atoms with Crippen LogP contribution in [0.3, 0.4) is 0 Å². The van der Waals surface area contributed by atoms with Crippen LogP contribution in [0.2, 0.25) is 0 Å². The summed E-state index contributed by atoms with van der Waals surface area (Å²) < 4.78 is 2.12. The largest absolute Gasteiger partial charge is 0.357 e. The maximum atomic E-state index is 12.8. The van der Waals surface area contributed by atoms with Crippen molar-refractivity contribution < 1.29 is 4.79 Å². The molecule has 208 valence electrons. The third kappa shape index (κ3) is 7.20. The summed E-state index contributed by atoms with van der Waals surface area (Å²) in [6.45, 7) is 10.1. The second-order valence-corrected chi connectivity index (χ2v) is 10.1. The third-order valence-electron chi connectivity index (χ3n) is 7.29. The molecule has 1 saturated heterocycles. The lowest BCUT2D eigenvalue weighted by atomic mass is 10.0. The summed E-state index contributed by atoms with van der Waals surface area (Å²) >= 11 is 0. The number of benzene rings is 1. The van der Waals surface area contributed by atoms with E-state index in [9.17, 15) is 4.79 Å². The average molecular weight is 540 g/mol. The number of imidazole rings is 1. The quantitative estimate of drug-likeness (QED) is 0.483. The highest BCUT2D eigenvalue weighted by molar-refractivity contribution is 6.05. The zero-order chi connectivity index (χ0) is 27.7. The van der Waals surface area contributed by atoms with Gasteiger partial charge >= 0.3 is 0 Å². The van der Waals surface area contributed by atoms with Crippen LogP contribution in [-0.2, 0) is 6.54 Å². The Labute approximate surface area is 235 Å². The summed E-state index contributed by atoms with van der Waals surface area (Å²) in [5.41, 5.74) is 1.27. The monoisotopic (exact) mass is 539 g/mol. The molecule has 0 radical (unpaired) electrons. The Balaban J connectivity index is 1.22. The molecular weight excluding hydrogens is 502 g/mol. The number of amidine groups is 2. The molecule has 0 aliphatic carbocycles. The van der Waals surface area contributed by atoms with Gasteiger partial charge in [0.05, 0.1) is 6.33 Å². The number of aromatic nitrogens is 3. The Morgan fingerprint density at radius 3 is 2.62 bits per heavy atom. The van der Waals surface area contributed by atoms with Gasteiger partial charge in [-0.25, -0.2) is 20.0 Å². The number of anilines is 2. The van der Waals surface area contributed by atoms with Crippen molar-refractivity contribution >= 4 is 29.1 Å². The topological polar surface area (TPSA) is 103 Å². The molecule has 3 aromatic rings. The third-order valence-corrected chi connectivity index (χ3v) is 7.29. The smallest absolute Gasteiger partial charge is 0.255 e. The second kappa shape index (κ2) is 13.2. The fraction of sp³-hybridized carbons (Fsp3) is 0.367. The molecule has 1 amide bonds. The number of nitrogens with zero attached hydrogens (tertiary/aromatic N) is 7. The first-order chi connectivity index (χ1) is 19.6. The van der Waals surface area contributed by atoms with E-state index in [4.69, 9.17) is 9.98 Å². The molecular formula is C30H37N9O. The number of allylic oxidation sites excluding steroid dienone is 1. The van der Waals surface area contributed by atoms with Gasteiger partial charge in [0.25, 0.3) is 5.91 Å². The zero-order valence-electron chi connectivity index (χ0n) is 23.2. The minimum absolute atomic E-state index is 0.167. The average Bonchev–Trinajstić information content (AvgIpc) is 3.51. The SMILES string of the molecule is C/C=C1/N=C(Nc2cc(C(=O)Nc3ccccc3)ccn2)C(C)CCC(N2CCN(CCn3ccnc3)CC2)=N1. The normalized spacial score (nSPS) is 19.4. The number of pyridine rings is 1. The van der Waals surface area contributed by atoms with Crippen LogP contribution in [0.4, 0.5) is 11.5 Å². The van der Waals surface area contributed by atoms with Gasteiger partial charge in [-0.3, -0.25) is 9.69 Å². The summed E-state index contributed by atoms with van der Waals surface area (Å²) in [6.07, 6.45) is 11.1. The Kier molecular flexibility index (Phi) is 8.97. The number of aliphatic imine (C=N–C) groups is 2. The van der Waals surface area contributed by atoms with E-state index in [1.807, 2.05) is 62.1 Å². The molecule has 2 aliphatic rings. The van der Waals surface area contributed by atoms with Crippen LogP contribution in [-0.4, -0.2) is 74.6 Å². The van der Waals surface area contributed by atoms with Crippen LogP contribution in [0.5, 0.6) is 0 Å². The van der Waals surface area contributed by atoms with Gasteiger partial charge in [0.15, 0.2) is 5.82 Å². The molecule has 4 heterocycles. The fourth-order valence-electron chi connectivity index (χ4n) is 4.84. The molecule has 2 aromatic heterocycles. The van der Waals surface area contributed by atoms with Crippen LogP contribution in [0.15, 0.2) is 89.3 Å². The van der Waals surface area contributed by atoms with Gasteiger partial charge in [-0.15, -0.1) is 0 Å². The first-order valence-corrected chi connectivity index (χ1v) is 13.9. The molecule has 1 unspecified atom stereocenters. The zero-order valence-corrected chi connectivity index (χ0v) is 23.2. The minimum atomic E-state index is -0.186. The molecule has 10 heteroatoms. The van der Waals surface area contributed by atoms with Crippen molar-refractivity contribution in [2.75, 3.05) is 43.4 Å². The van der Waals surface area contributed by atoms with Crippen LogP contribution in [0, 0.1) is 5.92 Å². The van der Waals surface area contributed by atoms with Crippen molar-refractivity contribution in [2.24, 2.45) is 15.9 Å². The Morgan fingerprint density at radius 2 is 1.88 bits per heavy atom. The van der Waals surface area contributed by atoms with Gasteiger partial charge in [-0.05, 0) is 43.7 Å². The molecule has 1 atom stereocenters. The van der Waals surface area contributed by atoms with E-state index >= 15 is 0 Å². The molecule has 2 aliphatic heterocycles. The number of nitrogens with one attached hydrogen (secondary N) is 2. The number of rotatable bonds is 6. The molecule has 5 rings (SSSR count). The molecule has 0 spiro atoms. The molecule has 1 fully saturated rings. The van der Waals surface area contributed by atoms with Crippen molar-refractivity contribution in [3.8, 4) is 0 Å². The Bertz CT molecular complexity index is 1360. The summed E-state index contributed by atoms with van der Waals surface area (Å²) in [7, 11) is 0. The van der Waals surface area contributed by atoms with Crippen molar-refractivity contribution in [1.29, 1.82) is 0 Å². The molecule has 2 N–H and O–H groups in total. The van der Waals surface area contributed by atoms with Crippen molar-refractivity contribution in [1.82, 2.24) is 24.3 Å².